The second-order valence-corrected chi connectivity index (χ2v) is 3.17. The van der Waals surface area contributed by atoms with Crippen LogP contribution in [-0.2, 0) is 0 Å². The lowest BCUT2D eigenvalue weighted by Crippen LogP contribution is -2.37. The Kier molecular flexibility index (Phi) is 1.29. The molecule has 2 aliphatic rings. The van der Waals surface area contributed by atoms with Crippen LogP contribution >= 0.6 is 0 Å². The monoisotopic (exact) mass is 140 g/mol. The quantitative estimate of drug-likeness (QED) is 0.579. The minimum Gasteiger partial charge on any atom is -0.335 e. The molecule has 2 saturated carbocycles. The predicted octanol–water partition coefficient (Wildman–Crippen LogP) is 0.610. The summed E-state index contributed by atoms with van der Waals surface area (Å²) in [5, 5.41) is 5.75. The third-order valence-corrected chi connectivity index (χ3v) is 1.83. The Morgan fingerprint density at radius 3 is 1.70 bits per heavy atom. The molecule has 0 heterocycles. The van der Waals surface area contributed by atoms with Gasteiger partial charge in [-0.05, 0) is 25.7 Å². The second-order valence-electron chi connectivity index (χ2n) is 3.17. The Morgan fingerprint density at radius 1 is 1.00 bits per heavy atom. The van der Waals surface area contributed by atoms with Crippen molar-refractivity contribution in [1.82, 2.24) is 10.6 Å². The van der Waals surface area contributed by atoms with E-state index in [1.54, 1.807) is 0 Å². The highest BCUT2D eigenvalue weighted by molar-refractivity contribution is 5.75. The lowest BCUT2D eigenvalue weighted by atomic mass is 10.6. The van der Waals surface area contributed by atoms with Crippen molar-refractivity contribution >= 4 is 6.03 Å². The van der Waals surface area contributed by atoms with Crippen LogP contribution in [-0.4, -0.2) is 18.1 Å². The average molecular weight is 140 g/mol. The molecule has 2 rings (SSSR count). The van der Waals surface area contributed by atoms with E-state index < -0.39 is 0 Å². The van der Waals surface area contributed by atoms with Gasteiger partial charge in [0, 0.05) is 12.1 Å². The van der Waals surface area contributed by atoms with Gasteiger partial charge in [-0.3, -0.25) is 0 Å². The van der Waals surface area contributed by atoms with Gasteiger partial charge < -0.3 is 10.6 Å². The van der Waals surface area contributed by atoms with Crippen molar-refractivity contribution in [3.8, 4) is 0 Å². The smallest absolute Gasteiger partial charge is 0.315 e. The maximum Gasteiger partial charge on any atom is 0.315 e. The summed E-state index contributed by atoms with van der Waals surface area (Å²) in [6, 6.07) is 1.00. The molecule has 2 fully saturated rings. The van der Waals surface area contributed by atoms with Crippen molar-refractivity contribution < 1.29 is 4.79 Å². The highest BCUT2D eigenvalue weighted by atomic mass is 16.2. The molecule has 0 atom stereocenters. The molecule has 56 valence electrons. The predicted molar refractivity (Wildman–Crippen MR) is 37.7 cm³/mol. The van der Waals surface area contributed by atoms with Gasteiger partial charge in [0.2, 0.25) is 0 Å². The minimum absolute atomic E-state index is 0.0324. The van der Waals surface area contributed by atoms with Crippen LogP contribution in [0.25, 0.3) is 0 Å². The van der Waals surface area contributed by atoms with Crippen molar-refractivity contribution in [2.24, 2.45) is 0 Å². The zero-order valence-corrected chi connectivity index (χ0v) is 5.89. The zero-order valence-electron chi connectivity index (χ0n) is 5.89. The van der Waals surface area contributed by atoms with Gasteiger partial charge in [-0.2, -0.15) is 0 Å². The van der Waals surface area contributed by atoms with Crippen LogP contribution in [0.5, 0.6) is 0 Å². The molecule has 2 aliphatic carbocycles. The molecule has 0 bridgehead atoms. The van der Waals surface area contributed by atoms with E-state index in [0.717, 1.165) is 25.7 Å². The molecule has 0 unspecified atom stereocenters. The van der Waals surface area contributed by atoms with Gasteiger partial charge >= 0.3 is 6.03 Å². The van der Waals surface area contributed by atoms with Crippen LogP contribution in [0.3, 0.4) is 0 Å². The van der Waals surface area contributed by atoms with Crippen LogP contribution in [0.15, 0.2) is 0 Å². The number of carbonyl (C=O) groups excluding carboxylic acids is 1. The number of urea groups is 1. The molecular formula is C7H12N2O. The summed E-state index contributed by atoms with van der Waals surface area (Å²) in [6.45, 7) is 0. The molecule has 0 aromatic rings. The molecule has 0 aromatic heterocycles. The molecule has 0 radical (unpaired) electrons. The van der Waals surface area contributed by atoms with Gasteiger partial charge in [-0.1, -0.05) is 0 Å². The third-order valence-electron chi connectivity index (χ3n) is 1.83. The van der Waals surface area contributed by atoms with Gasteiger partial charge in [0.15, 0.2) is 0 Å². The summed E-state index contributed by atoms with van der Waals surface area (Å²) in [5.41, 5.74) is 0. The second kappa shape index (κ2) is 2.15. The van der Waals surface area contributed by atoms with Gasteiger partial charge in [-0.15, -0.1) is 0 Å². The summed E-state index contributed by atoms with van der Waals surface area (Å²) in [6.07, 6.45) is 4.66. The van der Waals surface area contributed by atoms with E-state index in [1.165, 1.54) is 0 Å². The highest BCUT2D eigenvalue weighted by Gasteiger charge is 2.27. The van der Waals surface area contributed by atoms with Crippen LogP contribution in [0.1, 0.15) is 25.7 Å². The fourth-order valence-corrected chi connectivity index (χ4v) is 0.868. The first-order chi connectivity index (χ1) is 4.84. The van der Waals surface area contributed by atoms with E-state index in [2.05, 4.69) is 10.6 Å². The fraction of sp³-hybridized carbons (Fsp3) is 0.857. The Hall–Kier alpha value is -0.730. The highest BCUT2D eigenvalue weighted by Crippen LogP contribution is 2.20. The van der Waals surface area contributed by atoms with Crippen molar-refractivity contribution in [2.75, 3.05) is 0 Å². The Bertz CT molecular complexity index is 134. The van der Waals surface area contributed by atoms with Crippen LogP contribution in [0, 0.1) is 0 Å². The molecule has 2 amide bonds. The maximum atomic E-state index is 10.9. The average Bonchev–Trinajstić information content (AvgIpc) is 2.59. The molecule has 0 aliphatic heterocycles. The van der Waals surface area contributed by atoms with Gasteiger partial charge in [0.1, 0.15) is 0 Å². The van der Waals surface area contributed by atoms with E-state index in [-0.39, 0.29) is 6.03 Å². The van der Waals surface area contributed by atoms with Crippen molar-refractivity contribution in [3.63, 3.8) is 0 Å². The third kappa shape index (κ3) is 1.62. The molecule has 2 N–H and O–H groups in total. The molecule has 0 aromatic carbocycles. The molecule has 10 heavy (non-hydrogen) atoms. The SMILES string of the molecule is O=C(NC1CC1)NC1CC1. The first-order valence-electron chi connectivity index (χ1n) is 3.91. The summed E-state index contributed by atoms with van der Waals surface area (Å²) >= 11 is 0. The molecule has 3 heteroatoms. The fourth-order valence-electron chi connectivity index (χ4n) is 0.868. The molecule has 3 nitrogen and oxygen atoms in total. The topological polar surface area (TPSA) is 41.1 Å². The zero-order chi connectivity index (χ0) is 6.97. The van der Waals surface area contributed by atoms with E-state index in [0.29, 0.717) is 12.1 Å². The summed E-state index contributed by atoms with van der Waals surface area (Å²) < 4.78 is 0. The minimum atomic E-state index is 0.0324. The van der Waals surface area contributed by atoms with Gasteiger partial charge in [-0.25, -0.2) is 4.79 Å². The molecular weight excluding hydrogens is 128 g/mol. The number of hydrogen-bond acceptors (Lipinski definition) is 1. The summed E-state index contributed by atoms with van der Waals surface area (Å²) in [5.74, 6) is 0. The van der Waals surface area contributed by atoms with Gasteiger partial charge in [0.05, 0.1) is 0 Å². The van der Waals surface area contributed by atoms with Crippen molar-refractivity contribution in [1.29, 1.82) is 0 Å². The van der Waals surface area contributed by atoms with E-state index in [4.69, 9.17) is 0 Å². The van der Waals surface area contributed by atoms with E-state index in [9.17, 15) is 4.79 Å². The van der Waals surface area contributed by atoms with Crippen LogP contribution in [0.4, 0.5) is 4.79 Å². The van der Waals surface area contributed by atoms with E-state index in [1.807, 2.05) is 0 Å². The summed E-state index contributed by atoms with van der Waals surface area (Å²) in [4.78, 5) is 10.9. The molecule has 0 saturated heterocycles. The van der Waals surface area contributed by atoms with Crippen LogP contribution < -0.4 is 10.6 Å². The Morgan fingerprint density at radius 2 is 1.40 bits per heavy atom. The normalized spacial score (nSPS) is 24.0. The first-order valence-corrected chi connectivity index (χ1v) is 3.91. The maximum absolute atomic E-state index is 10.9. The summed E-state index contributed by atoms with van der Waals surface area (Å²) in [7, 11) is 0. The van der Waals surface area contributed by atoms with E-state index >= 15 is 0 Å². The largest absolute Gasteiger partial charge is 0.335 e. The lowest BCUT2D eigenvalue weighted by Gasteiger charge is -2.03. The van der Waals surface area contributed by atoms with Crippen LogP contribution in [0.2, 0.25) is 0 Å². The van der Waals surface area contributed by atoms with Crippen molar-refractivity contribution in [3.05, 3.63) is 0 Å². The Balaban J connectivity index is 1.64. The number of hydrogen-bond donors (Lipinski definition) is 2. The van der Waals surface area contributed by atoms with Crippen molar-refractivity contribution in [2.45, 2.75) is 37.8 Å². The number of rotatable bonds is 2. The number of carbonyl (C=O) groups is 1. The Labute approximate surface area is 60.2 Å². The first kappa shape index (κ1) is 6.01. The lowest BCUT2D eigenvalue weighted by molar-refractivity contribution is 0.240. The molecule has 0 spiro atoms. The number of amides is 2. The number of nitrogens with one attached hydrogen (secondary N) is 2. The van der Waals surface area contributed by atoms with Gasteiger partial charge in [0.25, 0.3) is 0 Å². The standard InChI is InChI=1S/C7H12N2O/c10-7(8-5-1-2-5)9-6-3-4-6/h5-6H,1-4H2,(H2,8,9,10).